The third-order valence-electron chi connectivity index (χ3n) is 4.65. The summed E-state index contributed by atoms with van der Waals surface area (Å²) in [6, 6.07) is 6.20. The highest BCUT2D eigenvalue weighted by molar-refractivity contribution is 5.91. The average Bonchev–Trinajstić information content (AvgIpc) is 2.72. The van der Waals surface area contributed by atoms with Crippen molar-refractivity contribution in [1.82, 2.24) is 15.5 Å². The van der Waals surface area contributed by atoms with E-state index in [1.807, 2.05) is 12.1 Å². The fraction of sp³-hybridized carbons (Fsp3) is 0.542. The number of alkyl carbamates (subject to hydrolysis) is 1. The van der Waals surface area contributed by atoms with Crippen molar-refractivity contribution in [3.63, 3.8) is 0 Å². The number of benzene rings is 1. The van der Waals surface area contributed by atoms with Crippen LogP contribution in [0.15, 0.2) is 18.2 Å². The highest BCUT2D eigenvalue weighted by atomic mass is 16.6. The maximum Gasteiger partial charge on any atom is 0.408 e. The normalized spacial score (nSPS) is 11.6. The molecule has 186 valence electrons. The molecule has 0 bridgehead atoms. The van der Waals surface area contributed by atoms with Gasteiger partial charge in [-0.15, -0.1) is 0 Å². The summed E-state index contributed by atoms with van der Waals surface area (Å²) in [6.07, 6.45) is -0.828. The molecular formula is C24H34N4O6. The highest BCUT2D eigenvalue weighted by Gasteiger charge is 2.33. The Bertz CT molecular complexity index is 912. The molecule has 1 aromatic rings. The minimum atomic E-state index is -1.14. The maximum atomic E-state index is 13.3. The minimum absolute atomic E-state index is 0.00381. The van der Waals surface area contributed by atoms with E-state index < -0.39 is 48.6 Å². The van der Waals surface area contributed by atoms with Gasteiger partial charge in [0.05, 0.1) is 19.1 Å². The van der Waals surface area contributed by atoms with Crippen molar-refractivity contribution >= 4 is 23.9 Å². The predicted octanol–water partition coefficient (Wildman–Crippen LogP) is 2.29. The molecular weight excluding hydrogens is 440 g/mol. The molecule has 0 radical (unpaired) electrons. The lowest BCUT2D eigenvalue weighted by Gasteiger charge is -2.31. The second-order valence-electron chi connectivity index (χ2n) is 8.59. The Balaban J connectivity index is 3.18. The van der Waals surface area contributed by atoms with E-state index in [-0.39, 0.29) is 19.6 Å². The lowest BCUT2D eigenvalue weighted by molar-refractivity contribution is -0.143. The van der Waals surface area contributed by atoms with Gasteiger partial charge in [0, 0.05) is 6.54 Å². The molecule has 0 aliphatic heterocycles. The molecule has 0 saturated carbocycles. The Hall–Kier alpha value is -3.61. The Morgan fingerprint density at radius 3 is 2.26 bits per heavy atom. The Kier molecular flexibility index (Phi) is 11.0. The van der Waals surface area contributed by atoms with E-state index in [0.29, 0.717) is 5.56 Å². The van der Waals surface area contributed by atoms with Crippen molar-refractivity contribution in [2.45, 2.75) is 59.6 Å². The molecule has 10 heteroatoms. The van der Waals surface area contributed by atoms with Crippen LogP contribution in [0.2, 0.25) is 0 Å². The number of carbonyl (C=O) groups is 4. The second-order valence-corrected chi connectivity index (χ2v) is 8.59. The number of esters is 1. The van der Waals surface area contributed by atoms with Crippen LogP contribution in [-0.2, 0) is 23.9 Å². The van der Waals surface area contributed by atoms with Gasteiger partial charge in [-0.3, -0.25) is 14.4 Å². The third-order valence-corrected chi connectivity index (χ3v) is 4.65. The van der Waals surface area contributed by atoms with E-state index in [2.05, 4.69) is 10.6 Å². The predicted molar refractivity (Wildman–Crippen MR) is 124 cm³/mol. The van der Waals surface area contributed by atoms with Crippen molar-refractivity contribution in [3.8, 4) is 6.07 Å². The fourth-order valence-corrected chi connectivity index (χ4v) is 3.27. The molecule has 0 heterocycles. The number of hydrogen-bond donors (Lipinski definition) is 2. The largest absolute Gasteiger partial charge is 0.466 e. The van der Waals surface area contributed by atoms with E-state index >= 15 is 0 Å². The van der Waals surface area contributed by atoms with Gasteiger partial charge in [0.1, 0.15) is 24.7 Å². The summed E-state index contributed by atoms with van der Waals surface area (Å²) in [4.78, 5) is 51.0. The van der Waals surface area contributed by atoms with Gasteiger partial charge in [0.2, 0.25) is 11.8 Å². The van der Waals surface area contributed by atoms with Crippen molar-refractivity contribution in [2.24, 2.45) is 0 Å². The number of carbonyl (C=O) groups excluding carboxylic acids is 4. The lowest BCUT2D eigenvalue weighted by Crippen LogP contribution is -2.48. The standard InChI is InChI=1S/C24H34N4O6/c1-7-33-19(30)11-13-26-22(31)21(20-16(2)9-8-10-17(20)3)28(14-12-25)18(29)15-27-23(32)34-24(4,5)6/h8-10,21H,7,11,13-15H2,1-6H3,(H,26,31)(H,27,32). The number of amides is 3. The topological polar surface area (TPSA) is 138 Å². The van der Waals surface area contributed by atoms with Crippen LogP contribution >= 0.6 is 0 Å². The van der Waals surface area contributed by atoms with Gasteiger partial charge >= 0.3 is 12.1 Å². The minimum Gasteiger partial charge on any atom is -0.466 e. The van der Waals surface area contributed by atoms with Crippen LogP contribution in [0.5, 0.6) is 0 Å². The summed E-state index contributed by atoms with van der Waals surface area (Å²) in [6.45, 7) is 9.73. The molecule has 1 atom stereocenters. The van der Waals surface area contributed by atoms with Crippen LogP contribution in [0.3, 0.4) is 0 Å². The summed E-state index contributed by atoms with van der Waals surface area (Å²) in [5, 5.41) is 14.4. The van der Waals surface area contributed by atoms with Crippen molar-refractivity contribution in [1.29, 1.82) is 5.26 Å². The zero-order chi connectivity index (χ0) is 25.9. The van der Waals surface area contributed by atoms with Gasteiger partial charge < -0.3 is 25.0 Å². The molecule has 2 N–H and O–H groups in total. The number of nitriles is 1. The first-order valence-electron chi connectivity index (χ1n) is 11.0. The zero-order valence-corrected chi connectivity index (χ0v) is 20.7. The van der Waals surface area contributed by atoms with Crippen molar-refractivity contribution in [3.05, 3.63) is 34.9 Å². The number of aryl methyl sites for hydroxylation is 2. The first kappa shape index (κ1) is 28.4. The summed E-state index contributed by atoms with van der Waals surface area (Å²) in [5.74, 6) is -1.65. The van der Waals surface area contributed by atoms with E-state index in [1.54, 1.807) is 53.7 Å². The maximum absolute atomic E-state index is 13.3. The van der Waals surface area contributed by atoms with Crippen LogP contribution < -0.4 is 10.6 Å². The highest BCUT2D eigenvalue weighted by Crippen LogP contribution is 2.27. The molecule has 1 rings (SSSR count). The third kappa shape index (κ3) is 9.10. The van der Waals surface area contributed by atoms with E-state index in [4.69, 9.17) is 9.47 Å². The summed E-state index contributed by atoms with van der Waals surface area (Å²) in [5.41, 5.74) is 1.32. The number of nitrogens with zero attached hydrogens (tertiary/aromatic N) is 2. The summed E-state index contributed by atoms with van der Waals surface area (Å²) >= 11 is 0. The van der Waals surface area contributed by atoms with Crippen LogP contribution in [0, 0.1) is 25.2 Å². The molecule has 1 aromatic carbocycles. The fourth-order valence-electron chi connectivity index (χ4n) is 3.27. The van der Waals surface area contributed by atoms with E-state index in [9.17, 15) is 24.4 Å². The first-order valence-corrected chi connectivity index (χ1v) is 11.0. The Morgan fingerprint density at radius 1 is 1.12 bits per heavy atom. The molecule has 0 aliphatic rings. The molecule has 0 aromatic heterocycles. The number of hydrogen-bond acceptors (Lipinski definition) is 7. The van der Waals surface area contributed by atoms with Gasteiger partial charge in [-0.2, -0.15) is 5.26 Å². The SMILES string of the molecule is CCOC(=O)CCNC(=O)C(c1c(C)cccc1C)N(CC#N)C(=O)CNC(=O)OC(C)(C)C. The van der Waals surface area contributed by atoms with Gasteiger partial charge in [-0.25, -0.2) is 4.79 Å². The quantitative estimate of drug-likeness (QED) is 0.392. The molecule has 0 fully saturated rings. The summed E-state index contributed by atoms with van der Waals surface area (Å²) in [7, 11) is 0. The Morgan fingerprint density at radius 2 is 1.74 bits per heavy atom. The molecule has 34 heavy (non-hydrogen) atoms. The summed E-state index contributed by atoms with van der Waals surface area (Å²) < 4.78 is 10.0. The van der Waals surface area contributed by atoms with Gasteiger partial charge in [-0.1, -0.05) is 18.2 Å². The lowest BCUT2D eigenvalue weighted by atomic mass is 9.94. The smallest absolute Gasteiger partial charge is 0.408 e. The van der Waals surface area contributed by atoms with Crippen molar-refractivity contribution in [2.75, 3.05) is 26.2 Å². The zero-order valence-electron chi connectivity index (χ0n) is 20.7. The average molecular weight is 475 g/mol. The molecule has 10 nitrogen and oxygen atoms in total. The molecule has 0 spiro atoms. The van der Waals surface area contributed by atoms with Crippen LogP contribution in [0.1, 0.15) is 56.8 Å². The van der Waals surface area contributed by atoms with E-state index in [0.717, 1.165) is 16.0 Å². The van der Waals surface area contributed by atoms with Crippen LogP contribution in [0.25, 0.3) is 0 Å². The number of nitrogens with one attached hydrogen (secondary N) is 2. The van der Waals surface area contributed by atoms with Gasteiger partial charge in [-0.05, 0) is 58.2 Å². The van der Waals surface area contributed by atoms with Gasteiger partial charge in [0.25, 0.3) is 0 Å². The number of rotatable bonds is 10. The van der Waals surface area contributed by atoms with Gasteiger partial charge in [0.15, 0.2) is 0 Å². The first-order chi connectivity index (χ1) is 15.9. The van der Waals surface area contributed by atoms with Crippen LogP contribution in [-0.4, -0.2) is 60.6 Å². The second kappa shape index (κ2) is 13.2. The van der Waals surface area contributed by atoms with E-state index in [1.165, 1.54) is 0 Å². The Labute approximate surface area is 200 Å². The number of ether oxygens (including phenoxy) is 2. The molecule has 3 amide bonds. The van der Waals surface area contributed by atoms with Crippen molar-refractivity contribution < 1.29 is 28.7 Å². The molecule has 0 saturated heterocycles. The molecule has 0 aliphatic carbocycles. The molecule has 1 unspecified atom stereocenters. The van der Waals surface area contributed by atoms with Crippen LogP contribution in [0.4, 0.5) is 4.79 Å². The monoisotopic (exact) mass is 474 g/mol.